The molecule has 1 N–H and O–H groups in total. The largest absolute Gasteiger partial charge is 0.344 e. The summed E-state index contributed by atoms with van der Waals surface area (Å²) in [5.74, 6) is 0.660. The van der Waals surface area contributed by atoms with Crippen LogP contribution in [0.25, 0.3) is 0 Å². The van der Waals surface area contributed by atoms with Crippen molar-refractivity contribution in [2.75, 3.05) is 19.3 Å². The number of carbonyl (C=O) groups excluding carboxylic acids is 2. The number of nitrogens with zero attached hydrogens (tertiary/aromatic N) is 1. The van der Waals surface area contributed by atoms with Gasteiger partial charge >= 0.3 is 0 Å². The molecule has 4 nitrogen and oxygen atoms in total. The summed E-state index contributed by atoms with van der Waals surface area (Å²) in [6.45, 7) is 3.08. The maximum absolute atomic E-state index is 12.8. The molecule has 1 aliphatic carbocycles. The lowest BCUT2D eigenvalue weighted by molar-refractivity contribution is -0.128. The average Bonchev–Trinajstić information content (AvgIpc) is 3.30. The number of benzene rings is 1. The van der Waals surface area contributed by atoms with Crippen LogP contribution in [-0.4, -0.2) is 36.1 Å². The van der Waals surface area contributed by atoms with Crippen molar-refractivity contribution in [2.24, 2.45) is 5.92 Å². The quantitative estimate of drug-likeness (QED) is 0.839. The minimum absolute atomic E-state index is 0.0213. The minimum atomic E-state index is -0.0297. The van der Waals surface area contributed by atoms with Crippen LogP contribution in [0, 0.1) is 5.92 Å². The number of hydrogen-bond acceptors (Lipinski definition) is 4. The fourth-order valence-electron chi connectivity index (χ4n) is 4.06. The van der Waals surface area contributed by atoms with Gasteiger partial charge in [0.1, 0.15) is 0 Å². The molecule has 2 amide bonds. The zero-order chi connectivity index (χ0) is 17.6. The SMILES string of the molecule is CSc1ccc(C(=O)N[C@H]2c3ccccc3[C@@H]3CN(C(C)=O)C[C@@H]32)s1. The van der Waals surface area contributed by atoms with Gasteiger partial charge in [-0.1, -0.05) is 24.3 Å². The summed E-state index contributed by atoms with van der Waals surface area (Å²) in [6.07, 6.45) is 2.01. The second-order valence-corrected chi connectivity index (χ2v) is 8.79. The molecule has 1 aromatic carbocycles. The van der Waals surface area contributed by atoms with Crippen LogP contribution >= 0.6 is 23.1 Å². The van der Waals surface area contributed by atoms with Crippen molar-refractivity contribution < 1.29 is 9.59 Å². The van der Waals surface area contributed by atoms with Crippen LogP contribution in [0.1, 0.15) is 39.7 Å². The number of carbonyl (C=O) groups is 2. The Bertz CT molecular complexity index is 832. The van der Waals surface area contributed by atoms with Gasteiger partial charge in [-0.25, -0.2) is 0 Å². The van der Waals surface area contributed by atoms with Gasteiger partial charge in [0.05, 0.1) is 15.1 Å². The van der Waals surface area contributed by atoms with Crippen LogP contribution < -0.4 is 5.32 Å². The van der Waals surface area contributed by atoms with Gasteiger partial charge in [-0.3, -0.25) is 9.59 Å². The highest BCUT2D eigenvalue weighted by molar-refractivity contribution is 8.00. The highest BCUT2D eigenvalue weighted by atomic mass is 32.2. The molecule has 6 heteroatoms. The van der Waals surface area contributed by atoms with E-state index in [1.54, 1.807) is 18.7 Å². The van der Waals surface area contributed by atoms with Gasteiger partial charge in [-0.05, 0) is 29.5 Å². The lowest BCUT2D eigenvalue weighted by Gasteiger charge is -2.22. The Hall–Kier alpha value is -1.79. The van der Waals surface area contributed by atoms with E-state index in [4.69, 9.17) is 0 Å². The molecule has 0 spiro atoms. The predicted molar refractivity (Wildman–Crippen MR) is 101 cm³/mol. The molecule has 3 atom stereocenters. The Morgan fingerprint density at radius 1 is 1.16 bits per heavy atom. The number of thiophene rings is 1. The third-order valence-electron chi connectivity index (χ3n) is 5.26. The minimum Gasteiger partial charge on any atom is -0.344 e. The number of nitrogens with one attached hydrogen (secondary N) is 1. The molecule has 0 unspecified atom stereocenters. The van der Waals surface area contributed by atoms with Crippen LogP contribution in [0.3, 0.4) is 0 Å². The second-order valence-electron chi connectivity index (χ2n) is 6.60. The van der Waals surface area contributed by atoms with E-state index < -0.39 is 0 Å². The van der Waals surface area contributed by atoms with Crippen molar-refractivity contribution in [1.29, 1.82) is 0 Å². The standard InChI is InChI=1S/C19H20N2O2S2/c1-11(22)21-9-14-12-5-3-4-6-13(12)18(15(14)10-21)20-19(23)16-7-8-17(24-2)25-16/h3-8,14-15,18H,9-10H2,1-2H3,(H,20,23)/t14-,15-,18-/m0/s1. The van der Waals surface area contributed by atoms with Crippen LogP contribution in [-0.2, 0) is 4.79 Å². The van der Waals surface area contributed by atoms with Crippen molar-refractivity contribution in [2.45, 2.75) is 23.1 Å². The number of rotatable bonds is 3. The first-order chi connectivity index (χ1) is 12.1. The van der Waals surface area contributed by atoms with Gasteiger partial charge in [0.25, 0.3) is 5.91 Å². The summed E-state index contributed by atoms with van der Waals surface area (Å²) in [7, 11) is 0. The second kappa shape index (κ2) is 6.50. The Labute approximate surface area is 155 Å². The number of amides is 2. The normalized spacial score (nSPS) is 24.1. The first-order valence-corrected chi connectivity index (χ1v) is 10.4. The van der Waals surface area contributed by atoms with Gasteiger partial charge in [-0.2, -0.15) is 0 Å². The Kier molecular flexibility index (Phi) is 4.33. The molecule has 4 rings (SSSR count). The van der Waals surface area contributed by atoms with Crippen LogP contribution in [0.5, 0.6) is 0 Å². The number of fused-ring (bicyclic) bond motifs is 3. The fraction of sp³-hybridized carbons (Fsp3) is 0.368. The van der Waals surface area contributed by atoms with E-state index >= 15 is 0 Å². The molecule has 0 radical (unpaired) electrons. The van der Waals surface area contributed by atoms with Crippen LogP contribution in [0.4, 0.5) is 0 Å². The third-order valence-corrected chi connectivity index (χ3v) is 7.43. The summed E-state index contributed by atoms with van der Waals surface area (Å²) in [5, 5.41) is 3.24. The highest BCUT2D eigenvalue weighted by Crippen LogP contribution is 2.49. The Morgan fingerprint density at radius 2 is 1.92 bits per heavy atom. The summed E-state index contributed by atoms with van der Waals surface area (Å²) in [6, 6.07) is 12.2. The zero-order valence-corrected chi connectivity index (χ0v) is 15.8. The zero-order valence-electron chi connectivity index (χ0n) is 14.2. The molecular weight excluding hydrogens is 352 g/mol. The van der Waals surface area contributed by atoms with Crippen LogP contribution in [0.2, 0.25) is 0 Å². The Morgan fingerprint density at radius 3 is 2.60 bits per heavy atom. The van der Waals surface area contributed by atoms with E-state index in [9.17, 15) is 9.59 Å². The molecule has 1 saturated heterocycles. The summed E-state index contributed by atoms with van der Waals surface area (Å²) in [4.78, 5) is 27.2. The first-order valence-electron chi connectivity index (χ1n) is 8.37. The van der Waals surface area contributed by atoms with Gasteiger partial charge in [0.15, 0.2) is 0 Å². The highest BCUT2D eigenvalue weighted by Gasteiger charge is 2.47. The number of likely N-dealkylation sites (tertiary alicyclic amines) is 1. The molecule has 130 valence electrons. The lowest BCUT2D eigenvalue weighted by Crippen LogP contribution is -2.34. The molecule has 1 aromatic heterocycles. The molecule has 2 aliphatic rings. The maximum atomic E-state index is 12.8. The maximum Gasteiger partial charge on any atom is 0.261 e. The van der Waals surface area contributed by atoms with Gasteiger partial charge in [0, 0.05) is 31.8 Å². The van der Waals surface area contributed by atoms with Gasteiger partial charge in [0.2, 0.25) is 5.91 Å². The molecule has 0 saturated carbocycles. The van der Waals surface area contributed by atoms with E-state index in [1.807, 2.05) is 35.4 Å². The van der Waals surface area contributed by atoms with Crippen LogP contribution in [0.15, 0.2) is 40.6 Å². The lowest BCUT2D eigenvalue weighted by atomic mass is 9.94. The summed E-state index contributed by atoms with van der Waals surface area (Å²) < 4.78 is 1.14. The van der Waals surface area contributed by atoms with Crippen molar-refractivity contribution in [3.05, 3.63) is 52.4 Å². The van der Waals surface area contributed by atoms with E-state index in [2.05, 4.69) is 17.4 Å². The topological polar surface area (TPSA) is 49.4 Å². The van der Waals surface area contributed by atoms with E-state index in [1.165, 1.54) is 22.5 Å². The molecule has 1 fully saturated rings. The summed E-state index contributed by atoms with van der Waals surface area (Å²) in [5.41, 5.74) is 2.48. The molecule has 2 heterocycles. The number of hydrogen-bond donors (Lipinski definition) is 1. The van der Waals surface area contributed by atoms with Crippen molar-refractivity contribution in [1.82, 2.24) is 10.2 Å². The molecular formula is C19H20N2O2S2. The molecule has 1 aliphatic heterocycles. The molecule has 2 aromatic rings. The van der Waals surface area contributed by atoms with E-state index in [0.29, 0.717) is 12.5 Å². The molecule has 25 heavy (non-hydrogen) atoms. The predicted octanol–water partition coefficient (Wildman–Crippen LogP) is 3.52. The van der Waals surface area contributed by atoms with E-state index in [0.717, 1.165) is 15.6 Å². The van der Waals surface area contributed by atoms with E-state index in [-0.39, 0.29) is 23.8 Å². The van der Waals surface area contributed by atoms with Crippen molar-refractivity contribution >= 4 is 34.9 Å². The fourth-order valence-corrected chi connectivity index (χ4v) is 5.51. The third kappa shape index (κ3) is 2.87. The van der Waals surface area contributed by atoms with Crippen molar-refractivity contribution in [3.63, 3.8) is 0 Å². The number of thioether (sulfide) groups is 1. The van der Waals surface area contributed by atoms with Gasteiger partial charge in [-0.15, -0.1) is 23.1 Å². The molecule has 0 bridgehead atoms. The Balaban J connectivity index is 1.61. The average molecular weight is 373 g/mol. The smallest absolute Gasteiger partial charge is 0.261 e. The van der Waals surface area contributed by atoms with Gasteiger partial charge < -0.3 is 10.2 Å². The monoisotopic (exact) mass is 372 g/mol. The summed E-state index contributed by atoms with van der Waals surface area (Å²) >= 11 is 3.17. The van der Waals surface area contributed by atoms with Crippen molar-refractivity contribution in [3.8, 4) is 0 Å². The first kappa shape index (κ1) is 16.7.